The lowest BCUT2D eigenvalue weighted by atomic mass is 10.1. The van der Waals surface area contributed by atoms with Crippen molar-refractivity contribution in [1.29, 1.82) is 0 Å². The smallest absolute Gasteiger partial charge is 0.111 e. The summed E-state index contributed by atoms with van der Waals surface area (Å²) in [5.74, 6) is 1.65. The first-order valence-electron chi connectivity index (χ1n) is 6.33. The summed E-state index contributed by atoms with van der Waals surface area (Å²) in [6, 6.07) is 5.90. The molecule has 1 heterocycles. The van der Waals surface area contributed by atoms with Crippen molar-refractivity contribution >= 4 is 34.2 Å². The third-order valence-corrected chi connectivity index (χ3v) is 4.25. The van der Waals surface area contributed by atoms with Crippen LogP contribution in [0.15, 0.2) is 18.2 Å². The number of aromatic nitrogens is 2. The minimum absolute atomic E-state index is 0.424. The number of fused-ring (bicyclic) bond motifs is 1. The molecule has 0 amide bonds. The summed E-state index contributed by atoms with van der Waals surface area (Å²) in [7, 11) is 0. The first-order valence-corrected chi connectivity index (χ1v) is 7.24. The molecule has 1 fully saturated rings. The van der Waals surface area contributed by atoms with Gasteiger partial charge in [0, 0.05) is 18.8 Å². The van der Waals surface area contributed by atoms with Crippen molar-refractivity contribution in [3.05, 3.63) is 29.0 Å². The molecule has 0 saturated heterocycles. The van der Waals surface area contributed by atoms with Crippen LogP contribution in [0.5, 0.6) is 0 Å². The Labute approximate surface area is 117 Å². The monoisotopic (exact) mass is 282 g/mol. The predicted molar refractivity (Wildman–Crippen MR) is 76.5 cm³/mol. The van der Waals surface area contributed by atoms with E-state index < -0.39 is 0 Å². The summed E-state index contributed by atoms with van der Waals surface area (Å²) >= 11 is 12.2. The van der Waals surface area contributed by atoms with Crippen molar-refractivity contribution in [3.63, 3.8) is 0 Å². The number of benzene rings is 1. The highest BCUT2D eigenvalue weighted by molar-refractivity contribution is 6.35. The van der Waals surface area contributed by atoms with Gasteiger partial charge < -0.3 is 4.57 Å². The molecule has 0 N–H and O–H groups in total. The Morgan fingerprint density at radius 3 is 2.83 bits per heavy atom. The molecule has 4 heteroatoms. The van der Waals surface area contributed by atoms with Crippen molar-refractivity contribution in [2.75, 3.05) is 5.88 Å². The molecule has 1 aromatic heterocycles. The van der Waals surface area contributed by atoms with Crippen molar-refractivity contribution in [2.24, 2.45) is 5.41 Å². The SMILES string of the molecule is CC1(Cn2c(CCCl)nc3cccc(Cl)c32)CC1. The second kappa shape index (κ2) is 4.43. The van der Waals surface area contributed by atoms with Crippen LogP contribution in [-0.2, 0) is 13.0 Å². The number of imidazole rings is 1. The average Bonchev–Trinajstić information content (AvgIpc) is 2.95. The zero-order valence-electron chi connectivity index (χ0n) is 10.4. The van der Waals surface area contributed by atoms with Gasteiger partial charge in [-0.05, 0) is 30.4 Å². The van der Waals surface area contributed by atoms with Gasteiger partial charge in [-0.2, -0.15) is 0 Å². The molecule has 2 aromatic rings. The molecule has 0 radical (unpaired) electrons. The zero-order chi connectivity index (χ0) is 12.8. The molecular formula is C14H16Cl2N2. The van der Waals surface area contributed by atoms with Crippen molar-refractivity contribution < 1.29 is 0 Å². The number of alkyl halides is 1. The summed E-state index contributed by atoms with van der Waals surface area (Å²) in [4.78, 5) is 4.67. The molecule has 0 unspecified atom stereocenters. The molecule has 0 atom stereocenters. The van der Waals surface area contributed by atoms with Crippen LogP contribution in [0.2, 0.25) is 5.02 Å². The van der Waals surface area contributed by atoms with Crippen LogP contribution in [0.3, 0.4) is 0 Å². The quantitative estimate of drug-likeness (QED) is 0.766. The normalized spacial score (nSPS) is 17.3. The highest BCUT2D eigenvalue weighted by Gasteiger charge is 2.38. The van der Waals surface area contributed by atoms with Crippen molar-refractivity contribution in [2.45, 2.75) is 32.7 Å². The maximum atomic E-state index is 6.33. The molecule has 1 aliphatic carbocycles. The third-order valence-electron chi connectivity index (χ3n) is 3.76. The van der Waals surface area contributed by atoms with Gasteiger partial charge in [-0.3, -0.25) is 0 Å². The summed E-state index contributed by atoms with van der Waals surface area (Å²) in [6.45, 7) is 3.32. The number of rotatable bonds is 4. The fourth-order valence-electron chi connectivity index (χ4n) is 2.39. The van der Waals surface area contributed by atoms with E-state index in [0.29, 0.717) is 11.3 Å². The molecule has 1 saturated carbocycles. The number of halogens is 2. The lowest BCUT2D eigenvalue weighted by Crippen LogP contribution is -2.12. The molecular weight excluding hydrogens is 267 g/mol. The molecule has 1 aromatic carbocycles. The number of para-hydroxylation sites is 1. The van der Waals surface area contributed by atoms with Gasteiger partial charge in [0.15, 0.2) is 0 Å². The number of nitrogens with zero attached hydrogens (tertiary/aromatic N) is 2. The Bertz CT molecular complexity index is 585. The van der Waals surface area contributed by atoms with Gasteiger partial charge in [-0.1, -0.05) is 24.6 Å². The Hall–Kier alpha value is -0.730. The fourth-order valence-corrected chi connectivity index (χ4v) is 2.83. The van der Waals surface area contributed by atoms with E-state index in [4.69, 9.17) is 23.2 Å². The van der Waals surface area contributed by atoms with Gasteiger partial charge >= 0.3 is 0 Å². The molecule has 0 spiro atoms. The van der Waals surface area contributed by atoms with Crippen LogP contribution in [0.25, 0.3) is 11.0 Å². The van der Waals surface area contributed by atoms with E-state index in [1.165, 1.54) is 12.8 Å². The van der Waals surface area contributed by atoms with Gasteiger partial charge in [-0.25, -0.2) is 4.98 Å². The first-order chi connectivity index (χ1) is 8.63. The van der Waals surface area contributed by atoms with Gasteiger partial charge in [0.2, 0.25) is 0 Å². The minimum atomic E-state index is 0.424. The maximum absolute atomic E-state index is 6.33. The summed E-state index contributed by atoms with van der Waals surface area (Å²) in [5.41, 5.74) is 2.47. The van der Waals surface area contributed by atoms with Gasteiger partial charge in [0.1, 0.15) is 5.82 Å². The topological polar surface area (TPSA) is 17.8 Å². The van der Waals surface area contributed by atoms with Gasteiger partial charge in [-0.15, -0.1) is 11.6 Å². The summed E-state index contributed by atoms with van der Waals surface area (Å²) < 4.78 is 2.27. The van der Waals surface area contributed by atoms with E-state index in [2.05, 4.69) is 16.5 Å². The lowest BCUT2D eigenvalue weighted by Gasteiger charge is -2.14. The standard InChI is InChI=1S/C14H16Cl2N2/c1-14(6-7-14)9-18-12(5-8-15)17-11-4-2-3-10(16)13(11)18/h2-4H,5-9H2,1H3. The Balaban J connectivity index is 2.13. The predicted octanol–water partition coefficient (Wildman–Crippen LogP) is 4.27. The fraction of sp³-hybridized carbons (Fsp3) is 0.500. The summed E-state index contributed by atoms with van der Waals surface area (Å²) in [6.07, 6.45) is 3.37. The molecule has 1 aliphatic rings. The van der Waals surface area contributed by atoms with Crippen LogP contribution in [0.1, 0.15) is 25.6 Å². The van der Waals surface area contributed by atoms with E-state index >= 15 is 0 Å². The minimum Gasteiger partial charge on any atom is -0.326 e. The van der Waals surface area contributed by atoms with E-state index in [-0.39, 0.29) is 0 Å². The van der Waals surface area contributed by atoms with Crippen molar-refractivity contribution in [1.82, 2.24) is 9.55 Å². The van der Waals surface area contributed by atoms with Gasteiger partial charge in [0.25, 0.3) is 0 Å². The van der Waals surface area contributed by atoms with Crippen LogP contribution in [0, 0.1) is 5.41 Å². The van der Waals surface area contributed by atoms with Gasteiger partial charge in [0.05, 0.1) is 16.1 Å². The maximum Gasteiger partial charge on any atom is 0.111 e. The highest BCUT2D eigenvalue weighted by atomic mass is 35.5. The molecule has 0 aliphatic heterocycles. The van der Waals surface area contributed by atoms with E-state index in [1.54, 1.807) is 0 Å². The Kier molecular flexibility index (Phi) is 3.03. The molecule has 96 valence electrons. The second-order valence-corrected chi connectivity index (χ2v) is 6.26. The Morgan fingerprint density at radius 1 is 1.39 bits per heavy atom. The first kappa shape index (κ1) is 12.3. The number of hydrogen-bond acceptors (Lipinski definition) is 1. The van der Waals surface area contributed by atoms with E-state index in [1.807, 2.05) is 18.2 Å². The third kappa shape index (κ3) is 2.12. The molecule has 18 heavy (non-hydrogen) atoms. The van der Waals surface area contributed by atoms with Crippen LogP contribution in [0.4, 0.5) is 0 Å². The van der Waals surface area contributed by atoms with Crippen LogP contribution in [-0.4, -0.2) is 15.4 Å². The second-order valence-electron chi connectivity index (χ2n) is 5.47. The van der Waals surface area contributed by atoms with E-state index in [0.717, 1.165) is 34.8 Å². The molecule has 0 bridgehead atoms. The van der Waals surface area contributed by atoms with E-state index in [9.17, 15) is 0 Å². The largest absolute Gasteiger partial charge is 0.326 e. The zero-order valence-corrected chi connectivity index (χ0v) is 11.9. The lowest BCUT2D eigenvalue weighted by molar-refractivity contribution is 0.462. The van der Waals surface area contributed by atoms with Crippen LogP contribution >= 0.6 is 23.2 Å². The summed E-state index contributed by atoms with van der Waals surface area (Å²) in [5, 5.41) is 0.782. The average molecular weight is 283 g/mol. The highest BCUT2D eigenvalue weighted by Crippen LogP contribution is 2.47. The molecule has 3 rings (SSSR count). The van der Waals surface area contributed by atoms with Crippen molar-refractivity contribution in [3.8, 4) is 0 Å². The van der Waals surface area contributed by atoms with Crippen LogP contribution < -0.4 is 0 Å². The Morgan fingerprint density at radius 2 is 2.17 bits per heavy atom. The number of aryl methyl sites for hydroxylation is 1. The molecule has 2 nitrogen and oxygen atoms in total. The number of hydrogen-bond donors (Lipinski definition) is 0.